The molecule has 5 nitrogen and oxygen atoms in total. The molecule has 3 rings (SSSR count). The zero-order chi connectivity index (χ0) is 21.0. The van der Waals surface area contributed by atoms with Crippen molar-refractivity contribution in [2.45, 2.75) is 6.61 Å². The molecule has 148 valence electrons. The number of carbonyl (C=O) groups excluding carboxylic acids is 2. The molecule has 1 N–H and O–H groups in total. The fourth-order valence-corrected chi connectivity index (χ4v) is 4.39. The van der Waals surface area contributed by atoms with E-state index in [0.717, 1.165) is 5.56 Å². The summed E-state index contributed by atoms with van der Waals surface area (Å²) in [5, 5.41) is 2.60. The highest BCUT2D eigenvalue weighted by molar-refractivity contribution is 9.11. The van der Waals surface area contributed by atoms with E-state index in [2.05, 4.69) is 43.8 Å². The van der Waals surface area contributed by atoms with E-state index in [1.807, 2.05) is 30.3 Å². The van der Waals surface area contributed by atoms with Gasteiger partial charge in [0.1, 0.15) is 17.9 Å². The molecule has 1 fully saturated rings. The Hall–Kier alpha value is -2.29. The quantitative estimate of drug-likeness (QED) is 0.254. The van der Waals surface area contributed by atoms with Gasteiger partial charge in [-0.2, -0.15) is 0 Å². The number of benzene rings is 2. The smallest absolute Gasteiger partial charge is 0.265 e. The first-order chi connectivity index (χ1) is 13.9. The van der Waals surface area contributed by atoms with Crippen molar-refractivity contribution in [1.82, 2.24) is 10.2 Å². The molecule has 1 heterocycles. The van der Waals surface area contributed by atoms with Crippen molar-refractivity contribution in [2.75, 3.05) is 6.54 Å². The number of thiocarbonyl (C=S) groups is 1. The molecule has 1 aliphatic heterocycles. The molecule has 0 radical (unpaired) electrons. The minimum Gasteiger partial charge on any atom is -0.487 e. The number of nitrogens with zero attached hydrogens (tertiary/aromatic N) is 1. The van der Waals surface area contributed by atoms with Crippen LogP contribution in [0.25, 0.3) is 6.08 Å². The summed E-state index contributed by atoms with van der Waals surface area (Å²) in [4.78, 5) is 26.2. The average molecular weight is 536 g/mol. The molecule has 0 aliphatic carbocycles. The van der Waals surface area contributed by atoms with E-state index >= 15 is 0 Å². The Morgan fingerprint density at radius 2 is 1.79 bits per heavy atom. The zero-order valence-corrected chi connectivity index (χ0v) is 19.1. The third-order valence-electron chi connectivity index (χ3n) is 4.06. The van der Waals surface area contributed by atoms with Crippen molar-refractivity contribution >= 4 is 67.1 Å². The lowest BCUT2D eigenvalue weighted by atomic mass is 10.1. The summed E-state index contributed by atoms with van der Waals surface area (Å²) in [5.74, 6) is -0.364. The average Bonchev–Trinajstić information content (AvgIpc) is 2.68. The van der Waals surface area contributed by atoms with Crippen LogP contribution in [-0.2, 0) is 16.2 Å². The lowest BCUT2D eigenvalue weighted by molar-refractivity contribution is -0.128. The summed E-state index contributed by atoms with van der Waals surface area (Å²) in [6.45, 7) is 4.24. The fraction of sp³-hybridized carbons (Fsp3) is 0.0952. The van der Waals surface area contributed by atoms with Crippen LogP contribution >= 0.6 is 44.1 Å². The second kappa shape index (κ2) is 9.47. The third kappa shape index (κ3) is 5.01. The van der Waals surface area contributed by atoms with Gasteiger partial charge in [-0.1, -0.05) is 36.4 Å². The van der Waals surface area contributed by atoms with Gasteiger partial charge in [0.2, 0.25) is 0 Å². The molecule has 0 unspecified atom stereocenters. The van der Waals surface area contributed by atoms with Gasteiger partial charge in [-0.15, -0.1) is 6.58 Å². The predicted molar refractivity (Wildman–Crippen MR) is 123 cm³/mol. The number of halogens is 2. The summed E-state index contributed by atoms with van der Waals surface area (Å²) in [6.07, 6.45) is 3.07. The summed E-state index contributed by atoms with van der Waals surface area (Å²) in [5.41, 5.74) is 1.69. The van der Waals surface area contributed by atoms with Gasteiger partial charge in [-0.3, -0.25) is 19.8 Å². The van der Waals surface area contributed by atoms with Gasteiger partial charge >= 0.3 is 0 Å². The number of amides is 2. The number of hydrogen-bond donors (Lipinski definition) is 1. The number of hydrogen-bond acceptors (Lipinski definition) is 4. The summed E-state index contributed by atoms with van der Waals surface area (Å²) in [7, 11) is 0. The number of rotatable bonds is 6. The Kier molecular flexibility index (Phi) is 7.00. The van der Waals surface area contributed by atoms with Gasteiger partial charge in [0, 0.05) is 6.54 Å². The Balaban J connectivity index is 1.85. The third-order valence-corrected chi connectivity index (χ3v) is 5.56. The second-order valence-electron chi connectivity index (χ2n) is 6.11. The molecule has 2 aromatic carbocycles. The molecular formula is C21H16Br2N2O3S. The normalized spacial score (nSPS) is 15.4. The van der Waals surface area contributed by atoms with Crippen LogP contribution in [0.2, 0.25) is 0 Å². The Bertz CT molecular complexity index is 999. The maximum absolute atomic E-state index is 12.7. The van der Waals surface area contributed by atoms with Crippen LogP contribution in [0.15, 0.2) is 69.6 Å². The van der Waals surface area contributed by atoms with Crippen LogP contribution in [0.5, 0.6) is 5.75 Å². The number of ether oxygens (including phenoxy) is 1. The van der Waals surface area contributed by atoms with Crippen molar-refractivity contribution in [1.29, 1.82) is 0 Å². The first-order valence-corrected chi connectivity index (χ1v) is 10.6. The highest BCUT2D eigenvalue weighted by Crippen LogP contribution is 2.36. The monoisotopic (exact) mass is 534 g/mol. The second-order valence-corrected chi connectivity index (χ2v) is 8.21. The van der Waals surface area contributed by atoms with E-state index in [1.54, 1.807) is 18.2 Å². The molecule has 8 heteroatoms. The summed E-state index contributed by atoms with van der Waals surface area (Å²) in [6, 6.07) is 13.4. The molecule has 0 atom stereocenters. The zero-order valence-electron chi connectivity index (χ0n) is 15.2. The highest BCUT2D eigenvalue weighted by atomic mass is 79.9. The lowest BCUT2D eigenvalue weighted by Gasteiger charge is -2.27. The van der Waals surface area contributed by atoms with Gasteiger partial charge in [-0.05, 0) is 73.4 Å². The molecule has 1 saturated heterocycles. The molecule has 0 aromatic heterocycles. The molecule has 0 saturated carbocycles. The standard InChI is InChI=1S/C21H16Br2N2O3S/c1-2-8-25-20(27)15(19(26)24-21(25)29)9-14-10-16(22)18(17(23)11-14)28-12-13-6-4-3-5-7-13/h2-7,9-11H,1,8,12H2,(H,24,26,29)/b15-9+. The maximum atomic E-state index is 12.7. The minimum absolute atomic E-state index is 0.00259. The van der Waals surface area contributed by atoms with Gasteiger partial charge in [0.05, 0.1) is 8.95 Å². The van der Waals surface area contributed by atoms with Gasteiger partial charge in [0.25, 0.3) is 11.8 Å². The maximum Gasteiger partial charge on any atom is 0.265 e. The largest absolute Gasteiger partial charge is 0.487 e. The van der Waals surface area contributed by atoms with Crippen molar-refractivity contribution < 1.29 is 14.3 Å². The summed E-state index contributed by atoms with van der Waals surface area (Å²) < 4.78 is 7.29. The predicted octanol–water partition coefficient (Wildman–Crippen LogP) is 4.60. The van der Waals surface area contributed by atoms with Gasteiger partial charge in [-0.25, -0.2) is 0 Å². The van der Waals surface area contributed by atoms with Crippen LogP contribution in [-0.4, -0.2) is 28.4 Å². The first-order valence-electron chi connectivity index (χ1n) is 8.56. The van der Waals surface area contributed by atoms with Crippen molar-refractivity contribution in [3.8, 4) is 5.75 Å². The topological polar surface area (TPSA) is 58.6 Å². The van der Waals surface area contributed by atoms with Gasteiger partial charge < -0.3 is 4.74 Å². The summed E-state index contributed by atoms with van der Waals surface area (Å²) >= 11 is 12.1. The molecule has 0 spiro atoms. The lowest BCUT2D eigenvalue weighted by Crippen LogP contribution is -2.53. The van der Waals surface area contributed by atoms with Crippen LogP contribution < -0.4 is 10.1 Å². The molecular weight excluding hydrogens is 520 g/mol. The van der Waals surface area contributed by atoms with E-state index < -0.39 is 11.8 Å². The fourth-order valence-electron chi connectivity index (χ4n) is 2.69. The van der Waals surface area contributed by atoms with E-state index in [-0.39, 0.29) is 17.2 Å². The van der Waals surface area contributed by atoms with Crippen LogP contribution in [0.4, 0.5) is 0 Å². The highest BCUT2D eigenvalue weighted by Gasteiger charge is 2.32. The van der Waals surface area contributed by atoms with E-state index in [0.29, 0.717) is 26.9 Å². The van der Waals surface area contributed by atoms with Crippen molar-refractivity contribution in [3.05, 3.63) is 80.8 Å². The molecule has 2 aromatic rings. The van der Waals surface area contributed by atoms with Gasteiger partial charge in [0.15, 0.2) is 5.11 Å². The van der Waals surface area contributed by atoms with Crippen LogP contribution in [0.1, 0.15) is 11.1 Å². The SMILES string of the molecule is C=CCN1C(=O)/C(=C/c2cc(Br)c(OCc3ccccc3)c(Br)c2)C(=O)NC1=S. The minimum atomic E-state index is -0.531. The first kappa shape index (κ1) is 21.4. The van der Waals surface area contributed by atoms with E-state index in [4.69, 9.17) is 17.0 Å². The number of carbonyl (C=O) groups is 2. The van der Waals surface area contributed by atoms with Crippen LogP contribution in [0.3, 0.4) is 0 Å². The Morgan fingerprint density at radius 3 is 2.41 bits per heavy atom. The molecule has 0 bridgehead atoms. The van der Waals surface area contributed by atoms with Crippen molar-refractivity contribution in [2.24, 2.45) is 0 Å². The molecule has 1 aliphatic rings. The van der Waals surface area contributed by atoms with Crippen LogP contribution in [0, 0.1) is 0 Å². The Morgan fingerprint density at radius 1 is 1.14 bits per heavy atom. The molecule has 2 amide bonds. The van der Waals surface area contributed by atoms with E-state index in [1.165, 1.54) is 11.0 Å². The van der Waals surface area contributed by atoms with E-state index in [9.17, 15) is 9.59 Å². The van der Waals surface area contributed by atoms with Crippen molar-refractivity contribution in [3.63, 3.8) is 0 Å². The number of nitrogens with one attached hydrogen (secondary N) is 1. The Labute approximate surface area is 190 Å². The molecule has 29 heavy (non-hydrogen) atoms.